The van der Waals surface area contributed by atoms with Crippen LogP contribution in [0.3, 0.4) is 0 Å². The fourth-order valence-electron chi connectivity index (χ4n) is 3.70. The van der Waals surface area contributed by atoms with Crippen molar-refractivity contribution >= 4 is 21.1 Å². The van der Waals surface area contributed by atoms with Crippen molar-refractivity contribution in [1.82, 2.24) is 19.1 Å². The van der Waals surface area contributed by atoms with Gasteiger partial charge in [0, 0.05) is 58.4 Å². The van der Waals surface area contributed by atoms with Crippen molar-refractivity contribution in [2.75, 3.05) is 39.3 Å². The smallest absolute Gasteiger partial charge is 0.408 e. The molecule has 2 fully saturated rings. The number of aryl methyl sites for hydroxylation is 1. The molecule has 8 nitrogen and oxygen atoms in total. The Balaban J connectivity index is 1.58. The SMILES string of the molecule is Cn1c(=O)oc2cc(S(=O)(=O)N3CCC(N4CCNCC4)C3)ccc21. The predicted molar refractivity (Wildman–Crippen MR) is 93.1 cm³/mol. The first-order chi connectivity index (χ1) is 12.0. The minimum atomic E-state index is -3.59. The van der Waals surface area contributed by atoms with Crippen LogP contribution in [0.25, 0.3) is 11.1 Å². The molecule has 0 radical (unpaired) electrons. The summed E-state index contributed by atoms with van der Waals surface area (Å²) in [6.07, 6.45) is 0.849. The van der Waals surface area contributed by atoms with E-state index in [0.717, 1.165) is 32.6 Å². The average molecular weight is 366 g/mol. The summed E-state index contributed by atoms with van der Waals surface area (Å²) in [5.74, 6) is -0.496. The van der Waals surface area contributed by atoms with Crippen molar-refractivity contribution in [3.8, 4) is 0 Å². The molecule has 1 atom stereocenters. The van der Waals surface area contributed by atoms with Gasteiger partial charge in [0.2, 0.25) is 10.0 Å². The van der Waals surface area contributed by atoms with Crippen LogP contribution in [0.4, 0.5) is 0 Å². The molecule has 1 aromatic carbocycles. The van der Waals surface area contributed by atoms with Crippen molar-refractivity contribution in [1.29, 1.82) is 0 Å². The molecule has 136 valence electrons. The van der Waals surface area contributed by atoms with Gasteiger partial charge >= 0.3 is 5.76 Å². The van der Waals surface area contributed by atoms with Crippen molar-refractivity contribution in [2.45, 2.75) is 17.4 Å². The molecule has 1 unspecified atom stereocenters. The van der Waals surface area contributed by atoms with E-state index < -0.39 is 15.8 Å². The minimum absolute atomic E-state index is 0.176. The monoisotopic (exact) mass is 366 g/mol. The second-order valence-electron chi connectivity index (χ2n) is 6.65. The lowest BCUT2D eigenvalue weighted by molar-refractivity contribution is 0.179. The van der Waals surface area contributed by atoms with E-state index >= 15 is 0 Å². The summed E-state index contributed by atoms with van der Waals surface area (Å²) in [4.78, 5) is 14.1. The maximum Gasteiger partial charge on any atom is 0.419 e. The fourth-order valence-corrected chi connectivity index (χ4v) is 5.21. The van der Waals surface area contributed by atoms with Crippen LogP contribution in [-0.2, 0) is 17.1 Å². The summed E-state index contributed by atoms with van der Waals surface area (Å²) in [7, 11) is -1.99. The topological polar surface area (TPSA) is 87.8 Å². The number of aromatic nitrogens is 1. The number of rotatable bonds is 3. The Morgan fingerprint density at radius 2 is 1.96 bits per heavy atom. The summed E-state index contributed by atoms with van der Waals surface area (Å²) in [6.45, 7) is 4.85. The van der Waals surface area contributed by atoms with Crippen LogP contribution >= 0.6 is 0 Å². The zero-order valence-electron chi connectivity index (χ0n) is 14.1. The van der Waals surface area contributed by atoms with Crippen LogP contribution in [-0.4, -0.2) is 67.5 Å². The molecule has 2 aliphatic heterocycles. The van der Waals surface area contributed by atoms with Gasteiger partial charge in [0.25, 0.3) is 0 Å². The summed E-state index contributed by atoms with van der Waals surface area (Å²) >= 11 is 0. The summed E-state index contributed by atoms with van der Waals surface area (Å²) in [5, 5.41) is 3.32. The van der Waals surface area contributed by atoms with E-state index in [2.05, 4.69) is 10.2 Å². The van der Waals surface area contributed by atoms with Gasteiger partial charge in [-0.2, -0.15) is 4.31 Å². The molecule has 0 amide bonds. The Labute approximate surface area is 146 Å². The number of benzene rings is 1. The number of piperazine rings is 1. The summed E-state index contributed by atoms with van der Waals surface area (Å²) in [5.41, 5.74) is 0.885. The lowest BCUT2D eigenvalue weighted by Crippen LogP contribution is -2.49. The maximum absolute atomic E-state index is 13.0. The second-order valence-corrected chi connectivity index (χ2v) is 8.59. The quantitative estimate of drug-likeness (QED) is 0.809. The Bertz CT molecular complexity index is 943. The molecule has 0 aliphatic carbocycles. The number of fused-ring (bicyclic) bond motifs is 1. The first-order valence-corrected chi connectivity index (χ1v) is 9.95. The minimum Gasteiger partial charge on any atom is -0.408 e. The molecule has 25 heavy (non-hydrogen) atoms. The van der Waals surface area contributed by atoms with Gasteiger partial charge in [-0.15, -0.1) is 0 Å². The number of oxazole rings is 1. The zero-order valence-corrected chi connectivity index (χ0v) is 15.0. The molecular formula is C16H22N4O4S. The Morgan fingerprint density at radius 3 is 2.72 bits per heavy atom. The van der Waals surface area contributed by atoms with Crippen LogP contribution in [0.2, 0.25) is 0 Å². The van der Waals surface area contributed by atoms with E-state index in [9.17, 15) is 13.2 Å². The van der Waals surface area contributed by atoms with Crippen LogP contribution in [0.1, 0.15) is 6.42 Å². The molecule has 0 saturated carbocycles. The molecule has 0 spiro atoms. The maximum atomic E-state index is 13.0. The zero-order chi connectivity index (χ0) is 17.6. The van der Waals surface area contributed by atoms with Crippen LogP contribution < -0.4 is 11.1 Å². The Kier molecular flexibility index (Phi) is 4.19. The van der Waals surface area contributed by atoms with E-state index in [1.807, 2.05) is 0 Å². The number of nitrogens with zero attached hydrogens (tertiary/aromatic N) is 3. The lowest BCUT2D eigenvalue weighted by atomic mass is 10.2. The summed E-state index contributed by atoms with van der Waals surface area (Å²) < 4.78 is 34.0. The molecular weight excluding hydrogens is 344 g/mol. The molecule has 2 aliphatic rings. The van der Waals surface area contributed by atoms with Crippen molar-refractivity contribution in [3.05, 3.63) is 28.7 Å². The van der Waals surface area contributed by atoms with E-state index in [1.54, 1.807) is 23.5 Å². The predicted octanol–water partition coefficient (Wildman–Crippen LogP) is -0.200. The van der Waals surface area contributed by atoms with Gasteiger partial charge in [-0.25, -0.2) is 13.2 Å². The van der Waals surface area contributed by atoms with Crippen LogP contribution in [0.15, 0.2) is 32.3 Å². The molecule has 0 bridgehead atoms. The molecule has 4 rings (SSSR count). The molecule has 2 saturated heterocycles. The molecule has 9 heteroatoms. The van der Waals surface area contributed by atoms with Gasteiger partial charge in [0.1, 0.15) is 0 Å². The van der Waals surface area contributed by atoms with Gasteiger partial charge in [-0.05, 0) is 18.6 Å². The van der Waals surface area contributed by atoms with Crippen LogP contribution in [0.5, 0.6) is 0 Å². The van der Waals surface area contributed by atoms with E-state index in [1.165, 1.54) is 10.6 Å². The first kappa shape index (κ1) is 16.8. The molecule has 2 aromatic rings. The Hall–Kier alpha value is -1.68. The van der Waals surface area contributed by atoms with Crippen LogP contribution in [0, 0.1) is 0 Å². The summed E-state index contributed by atoms with van der Waals surface area (Å²) in [6, 6.07) is 4.89. The normalized spacial score (nSPS) is 23.5. The van der Waals surface area contributed by atoms with Gasteiger partial charge in [0.05, 0.1) is 10.4 Å². The fraction of sp³-hybridized carbons (Fsp3) is 0.562. The van der Waals surface area contributed by atoms with Gasteiger partial charge in [-0.3, -0.25) is 9.47 Å². The van der Waals surface area contributed by atoms with Gasteiger partial charge in [0.15, 0.2) is 5.58 Å². The highest BCUT2D eigenvalue weighted by molar-refractivity contribution is 7.89. The number of sulfonamides is 1. The van der Waals surface area contributed by atoms with Gasteiger partial charge in [-0.1, -0.05) is 0 Å². The average Bonchev–Trinajstić information content (AvgIpc) is 3.22. The van der Waals surface area contributed by atoms with Crippen molar-refractivity contribution in [2.24, 2.45) is 7.05 Å². The largest absolute Gasteiger partial charge is 0.419 e. The van der Waals surface area contributed by atoms with E-state index in [0.29, 0.717) is 24.2 Å². The number of hydrogen-bond donors (Lipinski definition) is 1. The third-order valence-electron chi connectivity index (χ3n) is 5.20. The molecule has 3 heterocycles. The standard InChI is InChI=1S/C16H22N4O4S/c1-18-14-3-2-13(10-15(14)24-16(18)21)25(22,23)20-7-4-12(11-20)19-8-5-17-6-9-19/h2-3,10,12,17H,4-9,11H2,1H3. The number of hydrogen-bond acceptors (Lipinski definition) is 6. The number of nitrogens with one attached hydrogen (secondary N) is 1. The second kappa shape index (κ2) is 6.24. The van der Waals surface area contributed by atoms with Gasteiger partial charge < -0.3 is 9.73 Å². The third kappa shape index (κ3) is 2.91. The lowest BCUT2D eigenvalue weighted by Gasteiger charge is -2.32. The highest BCUT2D eigenvalue weighted by Crippen LogP contribution is 2.26. The van der Waals surface area contributed by atoms with E-state index in [4.69, 9.17) is 4.42 Å². The highest BCUT2D eigenvalue weighted by atomic mass is 32.2. The highest BCUT2D eigenvalue weighted by Gasteiger charge is 2.35. The van der Waals surface area contributed by atoms with Crippen molar-refractivity contribution < 1.29 is 12.8 Å². The molecule has 1 N–H and O–H groups in total. The molecule has 1 aromatic heterocycles. The first-order valence-electron chi connectivity index (χ1n) is 8.51. The third-order valence-corrected chi connectivity index (χ3v) is 7.06. The van der Waals surface area contributed by atoms with E-state index in [-0.39, 0.29) is 10.9 Å². The Morgan fingerprint density at radius 1 is 1.20 bits per heavy atom. The van der Waals surface area contributed by atoms with Crippen molar-refractivity contribution in [3.63, 3.8) is 0 Å².